The van der Waals surface area contributed by atoms with Crippen molar-refractivity contribution in [3.63, 3.8) is 0 Å². The second-order valence-corrected chi connectivity index (χ2v) is 11.9. The van der Waals surface area contributed by atoms with Gasteiger partial charge in [0.05, 0.1) is 29.9 Å². The van der Waals surface area contributed by atoms with E-state index in [-0.39, 0.29) is 25.0 Å². The molecule has 2 aliphatic rings. The van der Waals surface area contributed by atoms with Crippen molar-refractivity contribution in [3.8, 4) is 0 Å². The summed E-state index contributed by atoms with van der Waals surface area (Å²) in [4.78, 5) is 42.1. The van der Waals surface area contributed by atoms with Crippen LogP contribution in [0.15, 0.2) is 60.2 Å². The van der Waals surface area contributed by atoms with Crippen LogP contribution in [-0.2, 0) is 25.7 Å². The highest BCUT2D eigenvalue weighted by Crippen LogP contribution is 2.44. The molecule has 2 aromatic rings. The van der Waals surface area contributed by atoms with Gasteiger partial charge in [0.25, 0.3) is 5.91 Å². The summed E-state index contributed by atoms with van der Waals surface area (Å²) >= 11 is 6.58. The Labute approximate surface area is 247 Å². The molecule has 0 saturated heterocycles. The first kappa shape index (κ1) is 30.8. The molecule has 0 unspecified atom stereocenters. The lowest BCUT2D eigenvalue weighted by Gasteiger charge is -2.38. The van der Waals surface area contributed by atoms with Crippen LogP contribution in [0, 0.1) is 0 Å². The molecule has 41 heavy (non-hydrogen) atoms. The summed E-state index contributed by atoms with van der Waals surface area (Å²) in [6.07, 6.45) is 4.67. The molecule has 3 amide bonds. The number of benzene rings is 2. The van der Waals surface area contributed by atoms with E-state index in [0.29, 0.717) is 29.3 Å². The number of carbonyl (C=O) groups excluding carboxylic acids is 3. The number of nitrogens with one attached hydrogen (secondary N) is 2. The molecule has 1 spiro atoms. The Morgan fingerprint density at radius 3 is 2.39 bits per heavy atom. The van der Waals surface area contributed by atoms with Gasteiger partial charge in [-0.15, -0.1) is 0 Å². The van der Waals surface area contributed by atoms with Gasteiger partial charge in [-0.3, -0.25) is 14.4 Å². The van der Waals surface area contributed by atoms with Gasteiger partial charge in [-0.25, -0.2) is 0 Å². The zero-order chi connectivity index (χ0) is 29.6. The first-order valence-corrected chi connectivity index (χ1v) is 14.7. The molecule has 1 atom stereocenters. The summed E-state index contributed by atoms with van der Waals surface area (Å²) in [7, 11) is 0. The third kappa shape index (κ3) is 7.18. The first-order chi connectivity index (χ1) is 19.6. The molecule has 0 bridgehead atoms. The molecule has 4 rings (SSSR count). The van der Waals surface area contributed by atoms with Crippen LogP contribution >= 0.6 is 11.6 Å². The van der Waals surface area contributed by atoms with E-state index in [1.54, 1.807) is 24.8 Å². The fourth-order valence-electron chi connectivity index (χ4n) is 5.64. The van der Waals surface area contributed by atoms with Crippen molar-refractivity contribution in [3.05, 3.63) is 76.3 Å². The lowest BCUT2D eigenvalue weighted by Crippen LogP contribution is -2.58. The molecule has 1 saturated carbocycles. The minimum atomic E-state index is -1.18. The van der Waals surface area contributed by atoms with Gasteiger partial charge in [-0.2, -0.15) is 0 Å². The van der Waals surface area contributed by atoms with Crippen molar-refractivity contribution in [1.29, 1.82) is 0 Å². The van der Waals surface area contributed by atoms with Gasteiger partial charge in [0.15, 0.2) is 0 Å². The lowest BCUT2D eigenvalue weighted by atomic mass is 9.76. The minimum Gasteiger partial charge on any atom is -0.374 e. The largest absolute Gasteiger partial charge is 0.374 e. The Balaban J connectivity index is 1.65. The van der Waals surface area contributed by atoms with E-state index >= 15 is 0 Å². The number of rotatable bonds is 11. The summed E-state index contributed by atoms with van der Waals surface area (Å²) in [5, 5.41) is 6.58. The van der Waals surface area contributed by atoms with E-state index in [9.17, 15) is 14.4 Å². The molecule has 9 heteroatoms. The Bertz CT molecular complexity index is 1280. The summed E-state index contributed by atoms with van der Waals surface area (Å²) in [6, 6.07) is 16.0. The number of nitrogens with zero attached hydrogens (tertiary/aromatic N) is 1. The van der Waals surface area contributed by atoms with Crippen molar-refractivity contribution in [2.75, 3.05) is 19.7 Å². The van der Waals surface area contributed by atoms with Crippen LogP contribution in [0.3, 0.4) is 0 Å². The van der Waals surface area contributed by atoms with Gasteiger partial charge in [0.1, 0.15) is 6.04 Å². The Hall–Kier alpha value is -3.20. The molecule has 1 heterocycles. The standard InChI is InChI=1S/C32H41ClN4O4/c1-4-37(29(39)26(35-30(40)31(2,3)34)21-41-20-22-13-7-5-8-14-22)19-24-27(23-15-9-10-16-25(23)33)28(38)36-32(24)17-11-6-12-18-32/h5,7-10,13-16,26H,4,6,11-12,17-21,34H2,1-3H3,(H,35,40)(H,36,38)/t26-/m1/s1. The van der Waals surface area contributed by atoms with Gasteiger partial charge in [-0.05, 0) is 50.8 Å². The Kier molecular flexibility index (Phi) is 9.89. The molecule has 0 aromatic heterocycles. The van der Waals surface area contributed by atoms with Gasteiger partial charge in [0.2, 0.25) is 11.8 Å². The van der Waals surface area contributed by atoms with E-state index in [0.717, 1.165) is 43.2 Å². The number of carbonyl (C=O) groups is 3. The quantitative estimate of drug-likeness (QED) is 0.368. The minimum absolute atomic E-state index is 0.0230. The molecule has 1 aliphatic heterocycles. The van der Waals surface area contributed by atoms with Crippen molar-refractivity contribution >= 4 is 34.9 Å². The van der Waals surface area contributed by atoms with Crippen LogP contribution in [0.4, 0.5) is 0 Å². The lowest BCUT2D eigenvalue weighted by molar-refractivity contribution is -0.139. The third-order valence-corrected chi connectivity index (χ3v) is 8.27. The van der Waals surface area contributed by atoms with Crippen LogP contribution in [-0.4, -0.2) is 59.4 Å². The molecule has 1 fully saturated rings. The van der Waals surface area contributed by atoms with Crippen LogP contribution in [0.5, 0.6) is 0 Å². The SMILES string of the molecule is CCN(CC1=C(c2ccccc2Cl)C(=O)NC12CCCCC2)C(=O)[C@@H](COCc1ccccc1)NC(=O)C(C)(C)N. The number of amides is 3. The predicted octanol–water partition coefficient (Wildman–Crippen LogP) is 4.21. The van der Waals surface area contributed by atoms with E-state index < -0.39 is 23.0 Å². The topological polar surface area (TPSA) is 114 Å². The second-order valence-electron chi connectivity index (χ2n) is 11.5. The van der Waals surface area contributed by atoms with Gasteiger partial charge in [-0.1, -0.05) is 79.4 Å². The van der Waals surface area contributed by atoms with Crippen LogP contribution < -0.4 is 16.4 Å². The fourth-order valence-corrected chi connectivity index (χ4v) is 5.87. The summed E-state index contributed by atoms with van der Waals surface area (Å²) in [6.45, 7) is 5.95. The normalized spacial score (nSPS) is 17.3. The fraction of sp³-hybridized carbons (Fsp3) is 0.469. The zero-order valence-corrected chi connectivity index (χ0v) is 24.9. The van der Waals surface area contributed by atoms with E-state index in [1.807, 2.05) is 55.5 Å². The molecule has 1 aliphatic carbocycles. The van der Waals surface area contributed by atoms with Gasteiger partial charge >= 0.3 is 0 Å². The number of ether oxygens (including phenoxy) is 1. The maximum atomic E-state index is 14.1. The molecule has 0 radical (unpaired) electrons. The number of likely N-dealkylation sites (N-methyl/N-ethyl adjacent to an activating group) is 1. The molecule has 8 nitrogen and oxygen atoms in total. The maximum Gasteiger partial charge on any atom is 0.252 e. The monoisotopic (exact) mass is 580 g/mol. The Morgan fingerprint density at radius 2 is 1.76 bits per heavy atom. The van der Waals surface area contributed by atoms with Gasteiger partial charge in [0, 0.05) is 23.7 Å². The number of hydrogen-bond acceptors (Lipinski definition) is 5. The van der Waals surface area contributed by atoms with Crippen LogP contribution in [0.25, 0.3) is 5.57 Å². The number of halogens is 1. The predicted molar refractivity (Wildman–Crippen MR) is 161 cm³/mol. The molecular formula is C32H41ClN4O4. The highest BCUT2D eigenvalue weighted by atomic mass is 35.5. The second kappa shape index (κ2) is 13.2. The van der Waals surface area contributed by atoms with E-state index in [1.165, 1.54) is 0 Å². The van der Waals surface area contributed by atoms with Crippen molar-refractivity contribution in [2.45, 2.75) is 76.6 Å². The van der Waals surface area contributed by atoms with Crippen molar-refractivity contribution < 1.29 is 19.1 Å². The van der Waals surface area contributed by atoms with Crippen LogP contribution in [0.1, 0.15) is 64.0 Å². The number of hydrogen-bond donors (Lipinski definition) is 3. The molecule has 2 aromatic carbocycles. The van der Waals surface area contributed by atoms with E-state index in [4.69, 9.17) is 22.1 Å². The highest BCUT2D eigenvalue weighted by molar-refractivity contribution is 6.35. The third-order valence-electron chi connectivity index (χ3n) is 7.94. The van der Waals surface area contributed by atoms with Crippen molar-refractivity contribution in [2.24, 2.45) is 5.73 Å². The number of nitrogens with two attached hydrogens (primary N) is 1. The first-order valence-electron chi connectivity index (χ1n) is 14.4. The summed E-state index contributed by atoms with van der Waals surface area (Å²) in [5.41, 5.74) is 7.37. The maximum absolute atomic E-state index is 14.1. The summed E-state index contributed by atoms with van der Waals surface area (Å²) < 4.78 is 5.92. The Morgan fingerprint density at radius 1 is 1.10 bits per heavy atom. The average Bonchev–Trinajstić information content (AvgIpc) is 3.20. The molecular weight excluding hydrogens is 540 g/mol. The van der Waals surface area contributed by atoms with Crippen molar-refractivity contribution in [1.82, 2.24) is 15.5 Å². The molecule has 4 N–H and O–H groups in total. The average molecular weight is 581 g/mol. The van der Waals surface area contributed by atoms with Gasteiger partial charge < -0.3 is 26.0 Å². The highest BCUT2D eigenvalue weighted by Gasteiger charge is 2.47. The van der Waals surface area contributed by atoms with Crippen LogP contribution in [0.2, 0.25) is 5.02 Å². The van der Waals surface area contributed by atoms with E-state index in [2.05, 4.69) is 10.6 Å². The summed E-state index contributed by atoms with van der Waals surface area (Å²) in [5.74, 6) is -0.915. The molecule has 220 valence electrons. The zero-order valence-electron chi connectivity index (χ0n) is 24.2. The smallest absolute Gasteiger partial charge is 0.252 e.